The first-order valence-electron chi connectivity index (χ1n) is 42.4. The van der Waals surface area contributed by atoms with Crippen LogP contribution >= 0.6 is 15.6 Å². The van der Waals surface area contributed by atoms with Crippen molar-refractivity contribution in [3.05, 3.63) is 0 Å². The molecule has 19 heteroatoms. The molecule has 17 nitrogen and oxygen atoms in total. The van der Waals surface area contributed by atoms with E-state index in [2.05, 4.69) is 48.5 Å². The summed E-state index contributed by atoms with van der Waals surface area (Å²) in [6.07, 6.45) is 61.5. The van der Waals surface area contributed by atoms with Gasteiger partial charge in [0.05, 0.1) is 26.4 Å². The molecular formula is C82H160O17P2. The van der Waals surface area contributed by atoms with Gasteiger partial charge in [-0.05, 0) is 43.4 Å². The fourth-order valence-corrected chi connectivity index (χ4v) is 14.2. The summed E-state index contributed by atoms with van der Waals surface area (Å²) >= 11 is 0. The van der Waals surface area contributed by atoms with Crippen LogP contribution in [0.25, 0.3) is 0 Å². The molecule has 0 aliphatic heterocycles. The van der Waals surface area contributed by atoms with E-state index in [-0.39, 0.29) is 25.7 Å². The molecule has 3 N–H and O–H groups in total. The molecule has 0 heterocycles. The first kappa shape index (κ1) is 99.1. The maximum Gasteiger partial charge on any atom is 0.472 e. The molecule has 0 aromatic carbocycles. The smallest absolute Gasteiger partial charge is 0.462 e. The molecule has 0 aliphatic carbocycles. The van der Waals surface area contributed by atoms with Crippen LogP contribution in [0.5, 0.6) is 0 Å². The number of ether oxygens (including phenoxy) is 4. The molecule has 3 unspecified atom stereocenters. The Morgan fingerprint density at radius 3 is 0.752 bits per heavy atom. The van der Waals surface area contributed by atoms with Gasteiger partial charge in [0.15, 0.2) is 12.2 Å². The van der Waals surface area contributed by atoms with Crippen molar-refractivity contribution in [2.24, 2.45) is 17.8 Å². The zero-order valence-electron chi connectivity index (χ0n) is 66.4. The molecule has 0 saturated carbocycles. The molecule has 0 spiro atoms. The van der Waals surface area contributed by atoms with E-state index in [1.54, 1.807) is 0 Å². The van der Waals surface area contributed by atoms with E-state index in [0.717, 1.165) is 114 Å². The largest absolute Gasteiger partial charge is 0.472 e. The third-order valence-corrected chi connectivity index (χ3v) is 21.4. The van der Waals surface area contributed by atoms with Gasteiger partial charge in [0.2, 0.25) is 0 Å². The molecule has 0 fully saturated rings. The second kappa shape index (κ2) is 72.3. The summed E-state index contributed by atoms with van der Waals surface area (Å²) < 4.78 is 68.5. The van der Waals surface area contributed by atoms with Gasteiger partial charge in [0.1, 0.15) is 19.3 Å². The summed E-state index contributed by atoms with van der Waals surface area (Å²) in [5.74, 6) is 0.345. The highest BCUT2D eigenvalue weighted by atomic mass is 31.2. The molecule has 101 heavy (non-hydrogen) atoms. The highest BCUT2D eigenvalue weighted by molar-refractivity contribution is 7.47. The van der Waals surface area contributed by atoms with E-state index in [4.69, 9.17) is 37.0 Å². The minimum atomic E-state index is -4.96. The average Bonchev–Trinajstić information content (AvgIpc) is 0.954. The summed E-state index contributed by atoms with van der Waals surface area (Å²) in [5, 5.41) is 10.6. The minimum absolute atomic E-state index is 0.107. The number of hydrogen-bond donors (Lipinski definition) is 3. The van der Waals surface area contributed by atoms with Gasteiger partial charge in [-0.2, -0.15) is 0 Å². The van der Waals surface area contributed by atoms with E-state index in [9.17, 15) is 43.2 Å². The van der Waals surface area contributed by atoms with Gasteiger partial charge in [-0.3, -0.25) is 37.3 Å². The second-order valence-electron chi connectivity index (χ2n) is 30.7. The van der Waals surface area contributed by atoms with Crippen LogP contribution in [-0.2, 0) is 65.4 Å². The van der Waals surface area contributed by atoms with Gasteiger partial charge in [0, 0.05) is 25.7 Å². The number of hydrogen-bond acceptors (Lipinski definition) is 15. The van der Waals surface area contributed by atoms with Gasteiger partial charge in [-0.15, -0.1) is 0 Å². The first-order valence-corrected chi connectivity index (χ1v) is 45.4. The molecule has 0 bridgehead atoms. The third-order valence-electron chi connectivity index (χ3n) is 19.5. The molecule has 0 aromatic heterocycles. The number of phosphoric ester groups is 2. The maximum atomic E-state index is 13.1. The molecule has 6 atom stereocenters. The van der Waals surface area contributed by atoms with E-state index in [0.29, 0.717) is 25.7 Å². The quantitative estimate of drug-likeness (QED) is 0.0222. The highest BCUT2D eigenvalue weighted by Crippen LogP contribution is 2.45. The maximum absolute atomic E-state index is 13.1. The topological polar surface area (TPSA) is 237 Å². The Kier molecular flexibility index (Phi) is 70.9. The SMILES string of the molecule is CCCCCCCC(=O)OC[C@H](COP(=O)(O)OC[C@H](O)COP(=O)(O)OC[C@@H](COC(=O)CCCCCCCCCCCCCCCCC(C)C)OC(=O)CCCCCCCCCCCCCCCCCCCCC(C)CC)OC(=O)CCCCCCCCCCCCCCCCC(C)C. The number of esters is 4. The Hall–Kier alpha value is -1.94. The van der Waals surface area contributed by atoms with Crippen molar-refractivity contribution < 1.29 is 80.2 Å². The summed E-state index contributed by atoms with van der Waals surface area (Å²) in [5.41, 5.74) is 0. The zero-order valence-corrected chi connectivity index (χ0v) is 68.2. The molecule has 0 radical (unpaired) electrons. The normalized spacial score (nSPS) is 14.2. The molecule has 600 valence electrons. The van der Waals surface area contributed by atoms with Crippen molar-refractivity contribution in [3.63, 3.8) is 0 Å². The summed E-state index contributed by atoms with van der Waals surface area (Å²) in [6.45, 7) is 12.0. The fourth-order valence-electron chi connectivity index (χ4n) is 12.6. The molecular weight excluding hydrogens is 1320 g/mol. The average molecular weight is 1480 g/mol. The predicted octanol–water partition coefficient (Wildman–Crippen LogP) is 24.5. The van der Waals surface area contributed by atoms with Crippen LogP contribution in [0, 0.1) is 17.8 Å². The van der Waals surface area contributed by atoms with E-state index >= 15 is 0 Å². The predicted molar refractivity (Wildman–Crippen MR) is 414 cm³/mol. The van der Waals surface area contributed by atoms with Crippen molar-refractivity contribution in [2.45, 2.75) is 446 Å². The van der Waals surface area contributed by atoms with Crippen molar-refractivity contribution in [2.75, 3.05) is 39.6 Å². The lowest BCUT2D eigenvalue weighted by molar-refractivity contribution is -0.161. The minimum Gasteiger partial charge on any atom is -0.462 e. The van der Waals surface area contributed by atoms with Crippen molar-refractivity contribution in [1.82, 2.24) is 0 Å². The number of phosphoric acid groups is 2. The molecule has 0 rings (SSSR count). The Morgan fingerprint density at radius 1 is 0.287 bits per heavy atom. The Bertz CT molecular complexity index is 1960. The number of carbonyl (C=O) groups is 4. The highest BCUT2D eigenvalue weighted by Gasteiger charge is 2.30. The van der Waals surface area contributed by atoms with Crippen LogP contribution in [0.3, 0.4) is 0 Å². The number of unbranched alkanes of at least 4 members (excludes halogenated alkanes) is 47. The summed E-state index contributed by atoms with van der Waals surface area (Å²) in [4.78, 5) is 72.8. The van der Waals surface area contributed by atoms with Crippen LogP contribution in [-0.4, -0.2) is 96.7 Å². The number of rotatable bonds is 80. The van der Waals surface area contributed by atoms with Gasteiger partial charge in [-0.1, -0.05) is 376 Å². The molecule has 0 saturated heterocycles. The van der Waals surface area contributed by atoms with Crippen molar-refractivity contribution >= 4 is 39.5 Å². The van der Waals surface area contributed by atoms with Crippen LogP contribution in [0.1, 0.15) is 427 Å². The van der Waals surface area contributed by atoms with Gasteiger partial charge >= 0.3 is 39.5 Å². The Balaban J connectivity index is 5.11. The van der Waals surface area contributed by atoms with Crippen LogP contribution in [0.4, 0.5) is 0 Å². The molecule has 0 aromatic rings. The van der Waals surface area contributed by atoms with Crippen LogP contribution in [0.2, 0.25) is 0 Å². The lowest BCUT2D eigenvalue weighted by Crippen LogP contribution is -2.30. The number of aliphatic hydroxyl groups excluding tert-OH is 1. The fraction of sp³-hybridized carbons (Fsp3) is 0.951. The number of aliphatic hydroxyl groups is 1. The summed E-state index contributed by atoms with van der Waals surface area (Å²) in [6, 6.07) is 0. The van der Waals surface area contributed by atoms with Crippen molar-refractivity contribution in [3.8, 4) is 0 Å². The van der Waals surface area contributed by atoms with Gasteiger partial charge in [0.25, 0.3) is 0 Å². The lowest BCUT2D eigenvalue weighted by Gasteiger charge is -2.21. The van der Waals surface area contributed by atoms with Crippen LogP contribution in [0.15, 0.2) is 0 Å². The zero-order chi connectivity index (χ0) is 74.4. The molecule has 0 aliphatic rings. The monoisotopic (exact) mass is 1480 g/mol. The lowest BCUT2D eigenvalue weighted by atomic mass is 9.99. The standard InChI is InChI=1S/C82H160O17P2/c1-8-10-11-46-56-63-79(84)92-69-77(98-81(86)65-58-52-45-39-33-27-21-19-23-29-35-41-48-54-61-74(5)6)71-96-100(88,89)94-67-76(83)68-95-101(90,91)97-72-78(70-93-80(85)64-57-50-43-37-31-25-20-18-22-28-34-40-47-53-60-73(3)4)99-82(87)66-59-51-44-38-32-26-17-15-13-12-14-16-24-30-36-42-49-55-62-75(7)9-2/h73-78,83H,8-72H2,1-7H3,(H,88,89)(H,90,91)/t75?,76-,77+,78+/m0/s1. The van der Waals surface area contributed by atoms with Gasteiger partial charge < -0.3 is 33.8 Å². The van der Waals surface area contributed by atoms with Crippen molar-refractivity contribution in [1.29, 1.82) is 0 Å². The Morgan fingerprint density at radius 2 is 0.505 bits per heavy atom. The summed E-state index contributed by atoms with van der Waals surface area (Å²) in [7, 11) is -9.91. The van der Waals surface area contributed by atoms with E-state index in [1.807, 2.05) is 0 Å². The van der Waals surface area contributed by atoms with E-state index in [1.165, 1.54) is 231 Å². The third kappa shape index (κ3) is 74.7. The number of carbonyl (C=O) groups excluding carboxylic acids is 4. The second-order valence-corrected chi connectivity index (χ2v) is 33.6. The van der Waals surface area contributed by atoms with E-state index < -0.39 is 97.5 Å². The first-order chi connectivity index (χ1) is 48.8. The van der Waals surface area contributed by atoms with Gasteiger partial charge in [-0.25, -0.2) is 9.13 Å². The Labute approximate surface area is 619 Å². The molecule has 0 amide bonds. The van der Waals surface area contributed by atoms with Crippen LogP contribution < -0.4 is 0 Å².